The Morgan fingerprint density at radius 3 is 2.62 bits per heavy atom. The summed E-state index contributed by atoms with van der Waals surface area (Å²) in [6, 6.07) is 6.11. The molecule has 0 amide bonds. The van der Waals surface area contributed by atoms with Gasteiger partial charge in [-0.2, -0.15) is 0 Å². The molecule has 1 heterocycles. The van der Waals surface area contributed by atoms with Crippen molar-refractivity contribution in [2.24, 2.45) is 0 Å². The molecule has 2 N–H and O–H groups in total. The van der Waals surface area contributed by atoms with Gasteiger partial charge in [0, 0.05) is 17.3 Å². The number of hydrogen-bond donors (Lipinski definition) is 2. The third-order valence-electron chi connectivity index (χ3n) is 5.11. The Morgan fingerprint density at radius 2 is 1.96 bits per heavy atom. The SMILES string of the molecule is O=C(O)c1c(O)c2cc(C3CCCCC3)ccc2n1CCCCBr. The van der Waals surface area contributed by atoms with Gasteiger partial charge >= 0.3 is 5.97 Å². The van der Waals surface area contributed by atoms with Crippen LogP contribution in [-0.4, -0.2) is 26.1 Å². The number of rotatable bonds is 6. The van der Waals surface area contributed by atoms with E-state index < -0.39 is 5.97 Å². The summed E-state index contributed by atoms with van der Waals surface area (Å²) < 4.78 is 1.75. The average Bonchev–Trinajstić information content (AvgIpc) is 2.88. The predicted octanol–water partition coefficient (Wildman–Crippen LogP) is 5.27. The Hall–Kier alpha value is -1.49. The Morgan fingerprint density at radius 1 is 1.21 bits per heavy atom. The molecule has 0 unspecified atom stereocenters. The minimum absolute atomic E-state index is 0.0142. The fraction of sp³-hybridized carbons (Fsp3) is 0.526. The fourth-order valence-corrected chi connectivity index (χ4v) is 4.25. The lowest BCUT2D eigenvalue weighted by Crippen LogP contribution is -2.09. The van der Waals surface area contributed by atoms with Crippen LogP contribution in [0.5, 0.6) is 5.75 Å². The molecule has 130 valence electrons. The first-order valence-corrected chi connectivity index (χ1v) is 9.90. The van der Waals surface area contributed by atoms with Crippen LogP contribution in [0.3, 0.4) is 0 Å². The number of aromatic nitrogens is 1. The van der Waals surface area contributed by atoms with Gasteiger partial charge in [-0.3, -0.25) is 0 Å². The Bertz CT molecular complexity index is 732. The summed E-state index contributed by atoms with van der Waals surface area (Å²) in [6.07, 6.45) is 8.02. The first-order valence-electron chi connectivity index (χ1n) is 8.78. The normalized spacial score (nSPS) is 15.9. The van der Waals surface area contributed by atoms with Crippen LogP contribution in [-0.2, 0) is 6.54 Å². The minimum Gasteiger partial charge on any atom is -0.505 e. The van der Waals surface area contributed by atoms with Crippen molar-refractivity contribution in [3.8, 4) is 5.75 Å². The van der Waals surface area contributed by atoms with Crippen LogP contribution >= 0.6 is 15.9 Å². The van der Waals surface area contributed by atoms with Gasteiger partial charge in [-0.05, 0) is 49.3 Å². The molecule has 1 aromatic heterocycles. The number of aromatic hydroxyl groups is 1. The summed E-state index contributed by atoms with van der Waals surface area (Å²) in [7, 11) is 0. The first kappa shape index (κ1) is 17.3. The molecular weight excluding hydrogens is 370 g/mol. The molecule has 1 fully saturated rings. The van der Waals surface area contributed by atoms with E-state index in [1.54, 1.807) is 4.57 Å². The molecule has 2 aromatic rings. The van der Waals surface area contributed by atoms with Crippen LogP contribution in [0.1, 0.15) is 66.9 Å². The number of halogens is 1. The summed E-state index contributed by atoms with van der Waals surface area (Å²) >= 11 is 3.40. The second-order valence-electron chi connectivity index (χ2n) is 6.66. The quantitative estimate of drug-likeness (QED) is 0.518. The molecule has 0 atom stereocenters. The van der Waals surface area contributed by atoms with Gasteiger partial charge < -0.3 is 14.8 Å². The molecule has 0 bridgehead atoms. The number of nitrogens with zero attached hydrogens (tertiary/aromatic N) is 1. The monoisotopic (exact) mass is 393 g/mol. The maximum Gasteiger partial charge on any atom is 0.356 e. The molecule has 1 aliphatic carbocycles. The zero-order chi connectivity index (χ0) is 17.1. The van der Waals surface area contributed by atoms with Crippen molar-refractivity contribution in [1.82, 2.24) is 4.57 Å². The Kier molecular flexibility index (Phi) is 5.49. The van der Waals surface area contributed by atoms with Crippen LogP contribution in [0.2, 0.25) is 0 Å². The van der Waals surface area contributed by atoms with Gasteiger partial charge in [0.25, 0.3) is 0 Å². The smallest absolute Gasteiger partial charge is 0.356 e. The van der Waals surface area contributed by atoms with E-state index in [0.29, 0.717) is 17.8 Å². The number of alkyl halides is 1. The van der Waals surface area contributed by atoms with E-state index in [4.69, 9.17) is 0 Å². The van der Waals surface area contributed by atoms with Gasteiger partial charge in [0.15, 0.2) is 11.4 Å². The fourth-order valence-electron chi connectivity index (χ4n) is 3.86. The molecule has 5 heteroatoms. The number of aromatic carboxylic acids is 1. The molecular formula is C19H24BrNO3. The highest BCUT2D eigenvalue weighted by Gasteiger charge is 2.23. The second-order valence-corrected chi connectivity index (χ2v) is 7.45. The van der Waals surface area contributed by atoms with E-state index in [2.05, 4.69) is 22.0 Å². The van der Waals surface area contributed by atoms with E-state index in [1.165, 1.54) is 37.7 Å². The zero-order valence-corrected chi connectivity index (χ0v) is 15.4. The maximum absolute atomic E-state index is 11.6. The molecule has 4 nitrogen and oxygen atoms in total. The van der Waals surface area contributed by atoms with Crippen molar-refractivity contribution in [3.63, 3.8) is 0 Å². The number of carboxylic acid groups (broad SMARTS) is 1. The van der Waals surface area contributed by atoms with Crippen molar-refractivity contribution in [3.05, 3.63) is 29.5 Å². The number of benzene rings is 1. The third kappa shape index (κ3) is 3.32. The molecule has 24 heavy (non-hydrogen) atoms. The highest BCUT2D eigenvalue weighted by Crippen LogP contribution is 2.38. The summed E-state index contributed by atoms with van der Waals surface area (Å²) in [6.45, 7) is 0.604. The van der Waals surface area contributed by atoms with Gasteiger partial charge in [0.1, 0.15) is 0 Å². The Balaban J connectivity index is 2.02. The van der Waals surface area contributed by atoms with Crippen LogP contribution < -0.4 is 0 Å². The number of unbranched alkanes of at least 4 members (excludes halogenated alkanes) is 1. The molecule has 0 saturated heterocycles. The summed E-state index contributed by atoms with van der Waals surface area (Å²) in [4.78, 5) is 11.6. The van der Waals surface area contributed by atoms with Crippen LogP contribution in [0.15, 0.2) is 18.2 Å². The highest BCUT2D eigenvalue weighted by atomic mass is 79.9. The average molecular weight is 394 g/mol. The molecule has 3 rings (SSSR count). The van der Waals surface area contributed by atoms with E-state index >= 15 is 0 Å². The predicted molar refractivity (Wildman–Crippen MR) is 99.4 cm³/mol. The van der Waals surface area contributed by atoms with Gasteiger partial charge in [-0.25, -0.2) is 4.79 Å². The molecule has 0 aliphatic heterocycles. The lowest BCUT2D eigenvalue weighted by atomic mass is 9.84. The summed E-state index contributed by atoms with van der Waals surface area (Å²) in [5, 5.41) is 21.6. The summed E-state index contributed by atoms with van der Waals surface area (Å²) in [5.74, 6) is -0.622. The lowest BCUT2D eigenvalue weighted by molar-refractivity contribution is 0.0682. The molecule has 1 saturated carbocycles. The van der Waals surface area contributed by atoms with E-state index in [1.807, 2.05) is 12.1 Å². The lowest BCUT2D eigenvalue weighted by Gasteiger charge is -2.22. The van der Waals surface area contributed by atoms with Crippen LogP contribution in [0.25, 0.3) is 10.9 Å². The van der Waals surface area contributed by atoms with E-state index in [-0.39, 0.29) is 11.4 Å². The Labute approximate surface area is 150 Å². The van der Waals surface area contributed by atoms with E-state index in [9.17, 15) is 15.0 Å². The first-order chi connectivity index (χ1) is 11.6. The largest absolute Gasteiger partial charge is 0.505 e. The van der Waals surface area contributed by atoms with Crippen molar-refractivity contribution < 1.29 is 15.0 Å². The third-order valence-corrected chi connectivity index (χ3v) is 5.67. The molecule has 0 spiro atoms. The summed E-state index contributed by atoms with van der Waals surface area (Å²) in [5.41, 5.74) is 2.06. The van der Waals surface area contributed by atoms with Gasteiger partial charge in [-0.15, -0.1) is 0 Å². The van der Waals surface area contributed by atoms with Crippen LogP contribution in [0.4, 0.5) is 0 Å². The number of fused-ring (bicyclic) bond motifs is 1. The van der Waals surface area contributed by atoms with Crippen molar-refractivity contribution >= 4 is 32.8 Å². The number of hydrogen-bond acceptors (Lipinski definition) is 2. The van der Waals surface area contributed by atoms with Gasteiger partial charge in [0.2, 0.25) is 0 Å². The maximum atomic E-state index is 11.6. The van der Waals surface area contributed by atoms with Gasteiger partial charge in [-0.1, -0.05) is 41.3 Å². The minimum atomic E-state index is -1.07. The van der Waals surface area contributed by atoms with E-state index in [0.717, 1.165) is 23.7 Å². The zero-order valence-electron chi connectivity index (χ0n) is 13.8. The number of carboxylic acids is 1. The number of aryl methyl sites for hydroxylation is 1. The topological polar surface area (TPSA) is 62.5 Å². The standard InChI is InChI=1S/C19H24BrNO3/c20-10-4-5-11-21-16-9-8-14(13-6-2-1-3-7-13)12-15(16)18(22)17(21)19(23)24/h8-9,12-13,22H,1-7,10-11H2,(H,23,24). The van der Waals surface area contributed by atoms with Crippen molar-refractivity contribution in [2.45, 2.75) is 57.4 Å². The van der Waals surface area contributed by atoms with Crippen molar-refractivity contribution in [2.75, 3.05) is 5.33 Å². The number of carbonyl (C=O) groups is 1. The highest BCUT2D eigenvalue weighted by molar-refractivity contribution is 9.09. The van der Waals surface area contributed by atoms with Crippen molar-refractivity contribution in [1.29, 1.82) is 0 Å². The molecule has 1 aromatic carbocycles. The molecule has 0 radical (unpaired) electrons. The molecule has 1 aliphatic rings. The van der Waals surface area contributed by atoms with Gasteiger partial charge in [0.05, 0.1) is 5.52 Å². The van der Waals surface area contributed by atoms with Crippen LogP contribution in [0, 0.1) is 0 Å². The second kappa shape index (κ2) is 7.60.